The van der Waals surface area contributed by atoms with Gasteiger partial charge in [0.05, 0.1) is 6.20 Å². The summed E-state index contributed by atoms with van der Waals surface area (Å²) in [6.45, 7) is 7.33. The third kappa shape index (κ3) is 3.77. The van der Waals surface area contributed by atoms with Crippen molar-refractivity contribution in [3.63, 3.8) is 0 Å². The fraction of sp³-hybridized carbons (Fsp3) is 0.450. The highest BCUT2D eigenvalue weighted by molar-refractivity contribution is 5.54. The van der Waals surface area contributed by atoms with E-state index in [4.69, 9.17) is 0 Å². The fourth-order valence-corrected chi connectivity index (χ4v) is 3.18. The van der Waals surface area contributed by atoms with Crippen molar-refractivity contribution >= 4 is 11.8 Å². The molecule has 2 aromatic rings. The van der Waals surface area contributed by atoms with Gasteiger partial charge in [0.1, 0.15) is 23.3 Å². The SMILES string of the molecule is C[C@H]1C[C@@H](Nc2nc(NCCc3ccc(F)cc3)ncc2C#N)C1(C)C. The Morgan fingerprint density at radius 3 is 2.65 bits per heavy atom. The third-order valence-corrected chi connectivity index (χ3v) is 5.59. The molecule has 2 atom stereocenters. The monoisotopic (exact) mass is 353 g/mol. The molecule has 5 nitrogen and oxygen atoms in total. The molecule has 1 saturated carbocycles. The second-order valence-electron chi connectivity index (χ2n) is 7.53. The summed E-state index contributed by atoms with van der Waals surface area (Å²) >= 11 is 0. The number of hydrogen-bond acceptors (Lipinski definition) is 5. The van der Waals surface area contributed by atoms with Crippen LogP contribution in [0.15, 0.2) is 30.5 Å². The zero-order chi connectivity index (χ0) is 18.7. The van der Waals surface area contributed by atoms with Crippen LogP contribution in [0.25, 0.3) is 0 Å². The maximum atomic E-state index is 12.9. The quantitative estimate of drug-likeness (QED) is 0.821. The lowest BCUT2D eigenvalue weighted by atomic mass is 9.59. The number of nitriles is 1. The fourth-order valence-electron chi connectivity index (χ4n) is 3.18. The van der Waals surface area contributed by atoms with Gasteiger partial charge < -0.3 is 10.6 Å². The molecule has 0 amide bonds. The third-order valence-electron chi connectivity index (χ3n) is 5.59. The van der Waals surface area contributed by atoms with Crippen molar-refractivity contribution in [2.45, 2.75) is 39.7 Å². The van der Waals surface area contributed by atoms with E-state index in [9.17, 15) is 9.65 Å². The molecule has 1 fully saturated rings. The Balaban J connectivity index is 1.63. The second kappa shape index (κ2) is 7.28. The van der Waals surface area contributed by atoms with Gasteiger partial charge >= 0.3 is 0 Å². The van der Waals surface area contributed by atoms with Crippen LogP contribution in [0.4, 0.5) is 16.2 Å². The molecule has 0 radical (unpaired) electrons. The molecule has 2 N–H and O–H groups in total. The molecule has 0 bridgehead atoms. The first kappa shape index (κ1) is 18.1. The van der Waals surface area contributed by atoms with Gasteiger partial charge in [0.25, 0.3) is 0 Å². The Hall–Kier alpha value is -2.68. The van der Waals surface area contributed by atoms with E-state index in [1.165, 1.54) is 12.1 Å². The normalized spacial score (nSPS) is 20.7. The molecule has 1 aliphatic carbocycles. The molecule has 1 aromatic carbocycles. The van der Waals surface area contributed by atoms with E-state index >= 15 is 0 Å². The molecular weight excluding hydrogens is 329 g/mol. The molecule has 1 aliphatic rings. The predicted octanol–water partition coefficient (Wildman–Crippen LogP) is 3.99. The van der Waals surface area contributed by atoms with Gasteiger partial charge in [0.15, 0.2) is 0 Å². The molecule has 3 rings (SSSR count). The van der Waals surface area contributed by atoms with Crippen LogP contribution >= 0.6 is 0 Å². The summed E-state index contributed by atoms with van der Waals surface area (Å²) in [5, 5.41) is 15.9. The topological polar surface area (TPSA) is 73.6 Å². The van der Waals surface area contributed by atoms with Crippen LogP contribution in [0.1, 0.15) is 38.3 Å². The van der Waals surface area contributed by atoms with E-state index in [1.807, 2.05) is 0 Å². The predicted molar refractivity (Wildman–Crippen MR) is 100 cm³/mol. The first-order valence-electron chi connectivity index (χ1n) is 8.92. The summed E-state index contributed by atoms with van der Waals surface area (Å²) in [6, 6.07) is 8.89. The van der Waals surface area contributed by atoms with Gasteiger partial charge in [-0.3, -0.25) is 0 Å². The number of hydrogen-bond donors (Lipinski definition) is 2. The van der Waals surface area contributed by atoms with Gasteiger partial charge in [-0.25, -0.2) is 9.37 Å². The summed E-state index contributed by atoms with van der Waals surface area (Å²) in [5.41, 5.74) is 1.66. The Bertz CT molecular complexity index is 810. The zero-order valence-corrected chi connectivity index (χ0v) is 15.4. The average molecular weight is 353 g/mol. The van der Waals surface area contributed by atoms with Crippen LogP contribution in [0.2, 0.25) is 0 Å². The van der Waals surface area contributed by atoms with Crippen molar-refractivity contribution in [1.29, 1.82) is 5.26 Å². The van der Waals surface area contributed by atoms with Gasteiger partial charge in [-0.1, -0.05) is 32.9 Å². The molecule has 136 valence electrons. The molecule has 0 unspecified atom stereocenters. The van der Waals surface area contributed by atoms with Gasteiger partial charge in [0.2, 0.25) is 5.95 Å². The lowest BCUT2D eigenvalue weighted by molar-refractivity contribution is 0.0654. The summed E-state index contributed by atoms with van der Waals surface area (Å²) in [6.07, 6.45) is 3.35. The smallest absolute Gasteiger partial charge is 0.224 e. The van der Waals surface area contributed by atoms with Crippen molar-refractivity contribution in [1.82, 2.24) is 9.97 Å². The zero-order valence-electron chi connectivity index (χ0n) is 15.4. The first-order valence-corrected chi connectivity index (χ1v) is 8.92. The number of aromatic nitrogens is 2. The Labute approximate surface area is 153 Å². The largest absolute Gasteiger partial charge is 0.366 e. The lowest BCUT2D eigenvalue weighted by Gasteiger charge is -2.51. The van der Waals surface area contributed by atoms with Crippen molar-refractivity contribution in [3.8, 4) is 6.07 Å². The van der Waals surface area contributed by atoms with Crippen LogP contribution < -0.4 is 10.6 Å². The van der Waals surface area contributed by atoms with Crippen molar-refractivity contribution < 1.29 is 4.39 Å². The first-order chi connectivity index (χ1) is 12.4. The van der Waals surface area contributed by atoms with Gasteiger partial charge in [-0.15, -0.1) is 0 Å². The summed E-state index contributed by atoms with van der Waals surface area (Å²) < 4.78 is 12.9. The van der Waals surface area contributed by atoms with Gasteiger partial charge in [0, 0.05) is 12.6 Å². The van der Waals surface area contributed by atoms with Crippen LogP contribution in [-0.4, -0.2) is 22.6 Å². The van der Waals surface area contributed by atoms with E-state index in [-0.39, 0.29) is 11.2 Å². The van der Waals surface area contributed by atoms with Crippen LogP contribution in [0, 0.1) is 28.5 Å². The highest BCUT2D eigenvalue weighted by Gasteiger charge is 2.45. The standard InChI is InChI=1S/C20H24FN5/c1-13-10-17(20(13,2)3)25-18-15(11-22)12-24-19(26-18)23-9-8-14-4-6-16(21)7-5-14/h4-7,12-13,17H,8-10H2,1-3H3,(H2,23,24,25,26)/t13-,17+/m0/s1. The van der Waals surface area contributed by atoms with Gasteiger partial charge in [-0.05, 0) is 41.9 Å². The molecule has 6 heteroatoms. The van der Waals surface area contributed by atoms with E-state index in [2.05, 4.69) is 47.4 Å². The Kier molecular flexibility index (Phi) is 5.08. The van der Waals surface area contributed by atoms with Crippen LogP contribution in [0.5, 0.6) is 0 Å². The van der Waals surface area contributed by atoms with E-state index < -0.39 is 0 Å². The van der Waals surface area contributed by atoms with Crippen LogP contribution in [-0.2, 0) is 6.42 Å². The van der Waals surface area contributed by atoms with Gasteiger partial charge in [-0.2, -0.15) is 10.2 Å². The highest BCUT2D eigenvalue weighted by Crippen LogP contribution is 2.47. The summed E-state index contributed by atoms with van der Waals surface area (Å²) in [5.74, 6) is 1.47. The number of halogens is 1. The summed E-state index contributed by atoms with van der Waals surface area (Å²) in [4.78, 5) is 8.70. The van der Waals surface area contributed by atoms with E-state index in [1.54, 1.807) is 18.3 Å². The molecule has 1 heterocycles. The number of rotatable bonds is 6. The van der Waals surface area contributed by atoms with Crippen molar-refractivity contribution in [2.75, 3.05) is 17.2 Å². The minimum Gasteiger partial charge on any atom is -0.366 e. The number of benzene rings is 1. The molecular formula is C20H24FN5. The minimum absolute atomic E-state index is 0.174. The second-order valence-corrected chi connectivity index (χ2v) is 7.53. The summed E-state index contributed by atoms with van der Waals surface area (Å²) in [7, 11) is 0. The van der Waals surface area contributed by atoms with E-state index in [0.717, 1.165) is 18.4 Å². The lowest BCUT2D eigenvalue weighted by Crippen LogP contribution is -2.52. The minimum atomic E-state index is -0.235. The van der Waals surface area contributed by atoms with Crippen molar-refractivity contribution in [3.05, 3.63) is 47.4 Å². The molecule has 0 spiro atoms. The Morgan fingerprint density at radius 2 is 2.04 bits per heavy atom. The number of anilines is 2. The number of nitrogens with zero attached hydrogens (tertiary/aromatic N) is 3. The van der Waals surface area contributed by atoms with Crippen molar-refractivity contribution in [2.24, 2.45) is 11.3 Å². The molecule has 0 saturated heterocycles. The average Bonchev–Trinajstić information content (AvgIpc) is 2.63. The molecule has 0 aliphatic heterocycles. The van der Waals surface area contributed by atoms with Crippen LogP contribution in [0.3, 0.4) is 0 Å². The maximum Gasteiger partial charge on any atom is 0.224 e. The molecule has 26 heavy (non-hydrogen) atoms. The van der Waals surface area contributed by atoms with E-state index in [0.29, 0.717) is 35.8 Å². The molecule has 1 aromatic heterocycles. The Morgan fingerprint density at radius 1 is 1.31 bits per heavy atom. The number of nitrogens with one attached hydrogen (secondary N) is 2. The maximum absolute atomic E-state index is 12.9. The highest BCUT2D eigenvalue weighted by atomic mass is 19.1.